The van der Waals surface area contributed by atoms with E-state index in [1.807, 2.05) is 0 Å². The fourth-order valence-corrected chi connectivity index (χ4v) is 2.13. The van der Waals surface area contributed by atoms with E-state index >= 15 is 0 Å². The smallest absolute Gasteiger partial charge is 0.255 e. The molecule has 4 nitrogen and oxygen atoms in total. The maximum atomic E-state index is 12.4. The number of Topliss-reactive ketones (excluding diaryl/α,β-unsaturated/α-hetero) is 1. The number of hydrogen-bond acceptors (Lipinski definition) is 3. The van der Waals surface area contributed by atoms with Crippen LogP contribution in [0.1, 0.15) is 54.8 Å². The highest BCUT2D eigenvalue weighted by atomic mass is 16.5. The fraction of sp³-hybridized carbons (Fsp3) is 0.529. The number of rotatable bonds is 3. The Bertz CT molecular complexity index is 558. The predicted octanol–water partition coefficient (Wildman–Crippen LogP) is 3.06. The van der Waals surface area contributed by atoms with E-state index < -0.39 is 0 Å². The fourth-order valence-electron chi connectivity index (χ4n) is 2.13. The zero-order valence-corrected chi connectivity index (χ0v) is 13.2. The molecule has 0 saturated carbocycles. The molecular weight excluding hydrogens is 266 g/mol. The third-order valence-corrected chi connectivity index (χ3v) is 4.16. The second kappa shape index (κ2) is 5.88. The van der Waals surface area contributed by atoms with Gasteiger partial charge in [-0.25, -0.2) is 0 Å². The predicted molar refractivity (Wildman–Crippen MR) is 81.8 cm³/mol. The first-order valence-electron chi connectivity index (χ1n) is 7.37. The molecule has 0 saturated heterocycles. The van der Waals surface area contributed by atoms with Gasteiger partial charge in [0.2, 0.25) is 0 Å². The molecule has 2 rings (SSSR count). The molecule has 1 N–H and O–H groups in total. The number of fused-ring (bicyclic) bond motifs is 1. The molecule has 0 fully saturated rings. The molecule has 4 heteroatoms. The molecule has 0 aliphatic carbocycles. The normalized spacial score (nSPS) is 16.3. The zero-order valence-electron chi connectivity index (χ0n) is 13.2. The van der Waals surface area contributed by atoms with Crippen LogP contribution < -0.4 is 10.1 Å². The van der Waals surface area contributed by atoms with Gasteiger partial charge >= 0.3 is 0 Å². The van der Waals surface area contributed by atoms with Crippen LogP contribution in [0.3, 0.4) is 0 Å². The zero-order chi connectivity index (χ0) is 15.6. The molecule has 0 aromatic heterocycles. The number of carbonyl (C=O) groups excluding carboxylic acids is 2. The summed E-state index contributed by atoms with van der Waals surface area (Å²) in [4.78, 5) is 24.4. The summed E-state index contributed by atoms with van der Waals surface area (Å²) in [5.41, 5.74) is 1.11. The summed E-state index contributed by atoms with van der Waals surface area (Å²) in [5, 5.41) is 2.76. The third kappa shape index (κ3) is 3.63. The molecule has 0 bridgehead atoms. The average molecular weight is 289 g/mol. The number of carbonyl (C=O) groups is 2. The minimum absolute atomic E-state index is 0.0669. The topological polar surface area (TPSA) is 55.4 Å². The Morgan fingerprint density at radius 3 is 2.76 bits per heavy atom. The van der Waals surface area contributed by atoms with E-state index in [4.69, 9.17) is 4.74 Å². The van der Waals surface area contributed by atoms with Crippen molar-refractivity contribution in [2.75, 3.05) is 13.2 Å². The summed E-state index contributed by atoms with van der Waals surface area (Å²) < 4.78 is 5.49. The van der Waals surface area contributed by atoms with Crippen molar-refractivity contribution < 1.29 is 14.3 Å². The maximum Gasteiger partial charge on any atom is 0.255 e. The first kappa shape index (κ1) is 15.5. The first-order chi connectivity index (χ1) is 9.79. The second-order valence-electron chi connectivity index (χ2n) is 6.71. The van der Waals surface area contributed by atoms with Crippen molar-refractivity contribution in [3.8, 4) is 5.75 Å². The molecule has 1 atom stereocenters. The molecule has 0 spiro atoms. The highest BCUT2D eigenvalue weighted by Gasteiger charge is 2.24. The number of ketones is 1. The van der Waals surface area contributed by atoms with Crippen LogP contribution in [0.15, 0.2) is 18.2 Å². The molecule has 1 aliphatic rings. The summed E-state index contributed by atoms with van der Waals surface area (Å²) in [6.45, 7) is 9.40. The van der Waals surface area contributed by atoms with Crippen LogP contribution >= 0.6 is 0 Å². The SMILES string of the molecule is CC(CC(=O)c1ccc2c(c1)C(=O)NCCO2)C(C)(C)C. The molecule has 1 heterocycles. The van der Waals surface area contributed by atoms with Crippen molar-refractivity contribution in [2.24, 2.45) is 11.3 Å². The van der Waals surface area contributed by atoms with Crippen LogP contribution in [-0.4, -0.2) is 24.8 Å². The van der Waals surface area contributed by atoms with Crippen LogP contribution in [0.2, 0.25) is 0 Å². The Hall–Kier alpha value is -1.84. The van der Waals surface area contributed by atoms with Gasteiger partial charge < -0.3 is 10.1 Å². The summed E-state index contributed by atoms with van der Waals surface area (Å²) in [6.07, 6.45) is 0.477. The van der Waals surface area contributed by atoms with Crippen molar-refractivity contribution >= 4 is 11.7 Å². The molecule has 1 aromatic rings. The molecule has 1 unspecified atom stereocenters. The van der Waals surface area contributed by atoms with Crippen molar-refractivity contribution in [2.45, 2.75) is 34.1 Å². The lowest BCUT2D eigenvalue weighted by Crippen LogP contribution is -2.24. The van der Waals surface area contributed by atoms with Gasteiger partial charge in [-0.1, -0.05) is 27.7 Å². The van der Waals surface area contributed by atoms with E-state index in [0.717, 1.165) is 0 Å². The minimum atomic E-state index is -0.180. The van der Waals surface area contributed by atoms with Crippen molar-refractivity contribution in [3.63, 3.8) is 0 Å². The Kier molecular flexibility index (Phi) is 4.35. The highest BCUT2D eigenvalue weighted by molar-refractivity contribution is 6.02. The van der Waals surface area contributed by atoms with E-state index in [-0.39, 0.29) is 23.0 Å². The van der Waals surface area contributed by atoms with Crippen molar-refractivity contribution in [1.29, 1.82) is 0 Å². The van der Waals surface area contributed by atoms with Crippen LogP contribution in [0.5, 0.6) is 5.75 Å². The van der Waals surface area contributed by atoms with Gasteiger partial charge in [0, 0.05) is 12.0 Å². The molecule has 1 amide bonds. The highest BCUT2D eigenvalue weighted by Crippen LogP contribution is 2.30. The molecule has 1 aromatic carbocycles. The van der Waals surface area contributed by atoms with E-state index in [2.05, 4.69) is 33.0 Å². The standard InChI is InChI=1S/C17H23NO3/c1-11(17(2,3)4)9-14(19)12-5-6-15-13(10-12)16(20)18-7-8-21-15/h5-6,10-11H,7-9H2,1-4H3,(H,18,20). The van der Waals surface area contributed by atoms with Gasteiger partial charge in [0.25, 0.3) is 5.91 Å². The van der Waals surface area contributed by atoms with E-state index in [9.17, 15) is 9.59 Å². The first-order valence-corrected chi connectivity index (χ1v) is 7.37. The average Bonchev–Trinajstić information content (AvgIpc) is 2.59. The molecule has 0 radical (unpaired) electrons. The summed E-state index contributed by atoms with van der Waals surface area (Å²) in [6, 6.07) is 5.11. The Labute approximate surface area is 125 Å². The Morgan fingerprint density at radius 1 is 1.38 bits per heavy atom. The molecular formula is C17H23NO3. The molecule has 114 valence electrons. The van der Waals surface area contributed by atoms with Crippen LogP contribution in [0, 0.1) is 11.3 Å². The quantitative estimate of drug-likeness (QED) is 0.870. The Balaban J connectivity index is 2.22. The van der Waals surface area contributed by atoms with E-state index in [1.165, 1.54) is 0 Å². The van der Waals surface area contributed by atoms with Gasteiger partial charge in [-0.05, 0) is 29.5 Å². The summed E-state index contributed by atoms with van der Waals surface area (Å²) in [5.74, 6) is 0.706. The van der Waals surface area contributed by atoms with Gasteiger partial charge in [0.15, 0.2) is 5.78 Å². The number of ether oxygens (including phenoxy) is 1. The Morgan fingerprint density at radius 2 is 2.10 bits per heavy atom. The molecule has 1 aliphatic heterocycles. The lowest BCUT2D eigenvalue weighted by atomic mass is 9.78. The number of nitrogens with one attached hydrogen (secondary N) is 1. The van der Waals surface area contributed by atoms with Gasteiger partial charge in [0.1, 0.15) is 12.4 Å². The van der Waals surface area contributed by atoms with E-state index in [1.54, 1.807) is 18.2 Å². The molecule has 21 heavy (non-hydrogen) atoms. The van der Waals surface area contributed by atoms with Gasteiger partial charge in [0.05, 0.1) is 12.1 Å². The van der Waals surface area contributed by atoms with Crippen molar-refractivity contribution in [1.82, 2.24) is 5.32 Å². The van der Waals surface area contributed by atoms with Crippen LogP contribution in [0.25, 0.3) is 0 Å². The van der Waals surface area contributed by atoms with Gasteiger partial charge in [-0.15, -0.1) is 0 Å². The summed E-state index contributed by atoms with van der Waals surface area (Å²) >= 11 is 0. The minimum Gasteiger partial charge on any atom is -0.491 e. The van der Waals surface area contributed by atoms with Crippen LogP contribution in [0.4, 0.5) is 0 Å². The maximum absolute atomic E-state index is 12.4. The monoisotopic (exact) mass is 289 g/mol. The summed E-state index contributed by atoms with van der Waals surface area (Å²) in [7, 11) is 0. The van der Waals surface area contributed by atoms with Gasteiger partial charge in [-0.2, -0.15) is 0 Å². The third-order valence-electron chi connectivity index (χ3n) is 4.16. The van der Waals surface area contributed by atoms with Gasteiger partial charge in [-0.3, -0.25) is 9.59 Å². The van der Waals surface area contributed by atoms with Crippen molar-refractivity contribution in [3.05, 3.63) is 29.3 Å². The van der Waals surface area contributed by atoms with E-state index in [0.29, 0.717) is 36.4 Å². The number of amides is 1. The number of hydrogen-bond donors (Lipinski definition) is 1. The lowest BCUT2D eigenvalue weighted by Gasteiger charge is -2.26. The second-order valence-corrected chi connectivity index (χ2v) is 6.71. The lowest BCUT2D eigenvalue weighted by molar-refractivity contribution is 0.0927. The van der Waals surface area contributed by atoms with Crippen LogP contribution in [-0.2, 0) is 0 Å². The largest absolute Gasteiger partial charge is 0.491 e. The number of benzene rings is 1.